The molecule has 5 rings (SSSR count). The second-order valence-corrected chi connectivity index (χ2v) is 8.18. The summed E-state index contributed by atoms with van der Waals surface area (Å²) in [5.41, 5.74) is 4.78. The summed E-state index contributed by atoms with van der Waals surface area (Å²) in [7, 11) is 3.20. The Hall–Kier alpha value is -3.77. The van der Waals surface area contributed by atoms with E-state index in [-0.39, 0.29) is 11.9 Å². The lowest BCUT2D eigenvalue weighted by molar-refractivity contribution is 0.0730. The number of aromatic amines is 1. The van der Waals surface area contributed by atoms with Crippen LogP contribution in [-0.2, 0) is 6.54 Å². The predicted octanol–water partition coefficient (Wildman–Crippen LogP) is 5.49. The molecule has 1 aliphatic rings. The Kier molecular flexibility index (Phi) is 5.52. The van der Waals surface area contributed by atoms with Crippen LogP contribution in [0, 0.1) is 0 Å². The predicted molar refractivity (Wildman–Crippen MR) is 127 cm³/mol. The largest absolute Gasteiger partial charge is 0.493 e. The molecule has 0 saturated carbocycles. The summed E-state index contributed by atoms with van der Waals surface area (Å²) in [6.07, 6.45) is 0. The lowest BCUT2D eigenvalue weighted by atomic mass is 9.95. The van der Waals surface area contributed by atoms with Crippen LogP contribution in [0.5, 0.6) is 11.5 Å². The summed E-state index contributed by atoms with van der Waals surface area (Å²) in [6, 6.07) is 22.8. The van der Waals surface area contributed by atoms with Crippen molar-refractivity contribution in [3.05, 3.63) is 100 Å². The first kappa shape index (κ1) is 21.1. The molecule has 0 bridgehead atoms. The van der Waals surface area contributed by atoms with Gasteiger partial charge in [0, 0.05) is 22.7 Å². The van der Waals surface area contributed by atoms with E-state index >= 15 is 0 Å². The number of hydrogen-bond acceptors (Lipinski definition) is 4. The molecule has 3 aromatic carbocycles. The van der Waals surface area contributed by atoms with Gasteiger partial charge >= 0.3 is 0 Å². The van der Waals surface area contributed by atoms with Crippen molar-refractivity contribution in [3.8, 4) is 22.8 Å². The number of fused-ring (bicyclic) bond motifs is 1. The number of halogens is 1. The number of carbonyl (C=O) groups excluding carboxylic acids is 1. The molecule has 1 atom stereocenters. The van der Waals surface area contributed by atoms with Crippen molar-refractivity contribution in [1.82, 2.24) is 15.1 Å². The SMILES string of the molecule is COc1ccc(C2c3c(-c4ccccc4)n[nH]c3C(=O)N2Cc2ccccc2Cl)cc1OC. The highest BCUT2D eigenvalue weighted by Gasteiger charge is 2.42. The highest BCUT2D eigenvalue weighted by molar-refractivity contribution is 6.31. The molecule has 1 aromatic heterocycles. The van der Waals surface area contributed by atoms with E-state index in [1.165, 1.54) is 0 Å². The molecule has 6 nitrogen and oxygen atoms in total. The minimum absolute atomic E-state index is 0.126. The molecule has 0 fully saturated rings. The van der Waals surface area contributed by atoms with Crippen molar-refractivity contribution in [2.24, 2.45) is 0 Å². The van der Waals surface area contributed by atoms with Gasteiger partial charge in [-0.25, -0.2) is 0 Å². The minimum Gasteiger partial charge on any atom is -0.493 e. The average molecular weight is 460 g/mol. The third-order valence-corrected chi connectivity index (χ3v) is 6.30. The lowest BCUT2D eigenvalue weighted by Gasteiger charge is -2.27. The van der Waals surface area contributed by atoms with Gasteiger partial charge in [0.05, 0.1) is 26.0 Å². The van der Waals surface area contributed by atoms with Gasteiger partial charge in [-0.1, -0.05) is 66.2 Å². The first-order valence-electron chi connectivity index (χ1n) is 10.5. The van der Waals surface area contributed by atoms with E-state index in [0.29, 0.717) is 28.8 Å². The Morgan fingerprint density at radius 1 is 0.970 bits per heavy atom. The fraction of sp³-hybridized carbons (Fsp3) is 0.154. The molecular formula is C26H22ClN3O3. The van der Waals surface area contributed by atoms with E-state index in [9.17, 15) is 4.79 Å². The average Bonchev–Trinajstić information content (AvgIpc) is 3.40. The zero-order chi connectivity index (χ0) is 22.9. The molecule has 2 heterocycles. The van der Waals surface area contributed by atoms with Crippen molar-refractivity contribution in [3.63, 3.8) is 0 Å². The number of amides is 1. The van der Waals surface area contributed by atoms with E-state index < -0.39 is 0 Å². The first-order valence-corrected chi connectivity index (χ1v) is 10.9. The molecule has 1 amide bonds. The van der Waals surface area contributed by atoms with Crippen molar-refractivity contribution in [2.75, 3.05) is 14.2 Å². The topological polar surface area (TPSA) is 67.5 Å². The number of benzene rings is 3. The quantitative estimate of drug-likeness (QED) is 0.414. The molecule has 166 valence electrons. The Morgan fingerprint density at radius 2 is 1.70 bits per heavy atom. The highest BCUT2D eigenvalue weighted by atomic mass is 35.5. The van der Waals surface area contributed by atoms with Crippen LogP contribution < -0.4 is 9.47 Å². The Morgan fingerprint density at radius 3 is 2.42 bits per heavy atom. The number of methoxy groups -OCH3 is 2. The summed E-state index contributed by atoms with van der Waals surface area (Å²) in [5, 5.41) is 8.12. The van der Waals surface area contributed by atoms with Crippen molar-refractivity contribution < 1.29 is 14.3 Å². The molecule has 1 aliphatic heterocycles. The summed E-state index contributed by atoms with van der Waals surface area (Å²) in [6.45, 7) is 0.355. The van der Waals surface area contributed by atoms with Crippen LogP contribution in [0.2, 0.25) is 5.02 Å². The number of nitrogens with one attached hydrogen (secondary N) is 1. The van der Waals surface area contributed by atoms with E-state index in [1.54, 1.807) is 14.2 Å². The molecule has 0 radical (unpaired) electrons. The maximum atomic E-state index is 13.6. The van der Waals surface area contributed by atoms with Crippen molar-refractivity contribution >= 4 is 17.5 Å². The molecular weight excluding hydrogens is 438 g/mol. The van der Waals surface area contributed by atoms with E-state index in [2.05, 4.69) is 10.2 Å². The van der Waals surface area contributed by atoms with Gasteiger partial charge in [-0.3, -0.25) is 9.89 Å². The molecule has 4 aromatic rings. The van der Waals surface area contributed by atoms with Crippen LogP contribution in [0.15, 0.2) is 72.8 Å². The van der Waals surface area contributed by atoms with Gasteiger partial charge in [0.2, 0.25) is 0 Å². The van der Waals surface area contributed by atoms with Crippen LogP contribution in [0.1, 0.15) is 33.2 Å². The zero-order valence-corrected chi connectivity index (χ0v) is 19.0. The molecule has 0 saturated heterocycles. The smallest absolute Gasteiger partial charge is 0.273 e. The van der Waals surface area contributed by atoms with Crippen LogP contribution in [0.4, 0.5) is 0 Å². The highest BCUT2D eigenvalue weighted by Crippen LogP contribution is 2.45. The number of H-pyrrole nitrogens is 1. The molecule has 7 heteroatoms. The summed E-state index contributed by atoms with van der Waals surface area (Å²) < 4.78 is 11.0. The molecule has 0 aliphatic carbocycles. The Balaban J connectivity index is 1.68. The lowest BCUT2D eigenvalue weighted by Crippen LogP contribution is -2.29. The van der Waals surface area contributed by atoms with Gasteiger partial charge in [0.15, 0.2) is 11.5 Å². The van der Waals surface area contributed by atoms with Gasteiger partial charge in [-0.05, 0) is 29.3 Å². The minimum atomic E-state index is -0.377. The third kappa shape index (κ3) is 3.62. The number of aromatic nitrogens is 2. The summed E-state index contributed by atoms with van der Waals surface area (Å²) in [5.74, 6) is 1.09. The first-order chi connectivity index (χ1) is 16.1. The molecule has 0 spiro atoms. The number of hydrogen-bond donors (Lipinski definition) is 1. The van der Waals surface area contributed by atoms with Crippen molar-refractivity contribution in [1.29, 1.82) is 0 Å². The van der Waals surface area contributed by atoms with E-state index in [4.69, 9.17) is 21.1 Å². The Labute approximate surface area is 196 Å². The normalized spacial score (nSPS) is 14.9. The number of carbonyl (C=O) groups is 1. The number of ether oxygens (including phenoxy) is 2. The standard InChI is InChI=1S/C26H22ClN3O3/c1-32-20-13-12-17(14-21(20)33-2)25-22-23(16-8-4-3-5-9-16)28-29-24(22)26(31)30(25)15-18-10-6-7-11-19(18)27/h3-14,25H,15H2,1-2H3,(H,28,29). The van der Waals surface area contributed by atoms with Gasteiger partial charge in [-0.2, -0.15) is 5.10 Å². The zero-order valence-electron chi connectivity index (χ0n) is 18.2. The third-order valence-electron chi connectivity index (χ3n) is 5.93. The van der Waals surface area contributed by atoms with Gasteiger partial charge in [-0.15, -0.1) is 0 Å². The van der Waals surface area contributed by atoms with Crippen LogP contribution in [0.3, 0.4) is 0 Å². The second-order valence-electron chi connectivity index (χ2n) is 7.77. The monoisotopic (exact) mass is 459 g/mol. The van der Waals surface area contributed by atoms with Crippen LogP contribution in [0.25, 0.3) is 11.3 Å². The van der Waals surface area contributed by atoms with Gasteiger partial charge in [0.1, 0.15) is 5.69 Å². The van der Waals surface area contributed by atoms with E-state index in [1.807, 2.05) is 77.7 Å². The molecule has 33 heavy (non-hydrogen) atoms. The maximum absolute atomic E-state index is 13.6. The second kappa shape index (κ2) is 8.64. The molecule has 1 unspecified atom stereocenters. The Bertz CT molecular complexity index is 1320. The number of nitrogens with zero attached hydrogens (tertiary/aromatic N) is 2. The van der Waals surface area contributed by atoms with E-state index in [0.717, 1.165) is 27.9 Å². The van der Waals surface area contributed by atoms with Gasteiger partial charge < -0.3 is 14.4 Å². The number of rotatable bonds is 6. The fourth-order valence-electron chi connectivity index (χ4n) is 4.36. The molecule has 1 N–H and O–H groups in total. The summed E-state index contributed by atoms with van der Waals surface area (Å²) in [4.78, 5) is 15.4. The van der Waals surface area contributed by atoms with Crippen LogP contribution >= 0.6 is 11.6 Å². The fourth-order valence-corrected chi connectivity index (χ4v) is 4.55. The maximum Gasteiger partial charge on any atom is 0.273 e. The van der Waals surface area contributed by atoms with Crippen LogP contribution in [-0.4, -0.2) is 35.2 Å². The van der Waals surface area contributed by atoms with Crippen molar-refractivity contribution in [2.45, 2.75) is 12.6 Å². The van der Waals surface area contributed by atoms with Gasteiger partial charge in [0.25, 0.3) is 5.91 Å². The summed E-state index contributed by atoms with van der Waals surface area (Å²) >= 11 is 6.45.